The molecule has 0 aromatic heterocycles. The van der Waals surface area contributed by atoms with E-state index >= 15 is 0 Å². The van der Waals surface area contributed by atoms with E-state index in [2.05, 4.69) is 16.2 Å². The maximum Gasteiger partial charge on any atom is 0.251 e. The minimum Gasteiger partial charge on any atom is -0.508 e. The fourth-order valence-electron chi connectivity index (χ4n) is 2.83. The van der Waals surface area contributed by atoms with Gasteiger partial charge in [0.25, 0.3) is 5.91 Å². The first kappa shape index (κ1) is 16.4. The van der Waals surface area contributed by atoms with Gasteiger partial charge in [-0.05, 0) is 42.3 Å². The zero-order valence-electron chi connectivity index (χ0n) is 13.3. The Morgan fingerprint density at radius 1 is 1.21 bits per heavy atom. The molecule has 2 aromatic rings. The number of hydrogen-bond acceptors (Lipinski definition) is 4. The van der Waals surface area contributed by atoms with Crippen LogP contribution in [0.5, 0.6) is 5.75 Å². The molecule has 0 aliphatic carbocycles. The van der Waals surface area contributed by atoms with Gasteiger partial charge in [-0.1, -0.05) is 18.2 Å². The Morgan fingerprint density at radius 3 is 2.50 bits per heavy atom. The molecule has 0 unspecified atom stereocenters. The van der Waals surface area contributed by atoms with Crippen LogP contribution in [0.25, 0.3) is 0 Å². The first-order valence-electron chi connectivity index (χ1n) is 7.89. The Bertz CT molecular complexity index is 728. The van der Waals surface area contributed by atoms with E-state index in [0.717, 1.165) is 24.2 Å². The Morgan fingerprint density at radius 2 is 1.88 bits per heavy atom. The molecule has 1 aliphatic rings. The van der Waals surface area contributed by atoms with Crippen molar-refractivity contribution in [3.8, 4) is 5.75 Å². The van der Waals surface area contributed by atoms with Gasteiger partial charge in [-0.25, -0.2) is 4.39 Å². The lowest BCUT2D eigenvalue weighted by Gasteiger charge is -2.16. The number of carbonyl (C=O) groups excluding carboxylic acids is 1. The van der Waals surface area contributed by atoms with E-state index in [1.165, 1.54) is 18.2 Å². The molecule has 4 N–H and O–H groups in total. The number of amides is 1. The van der Waals surface area contributed by atoms with Gasteiger partial charge in [0.2, 0.25) is 0 Å². The van der Waals surface area contributed by atoms with Crippen LogP contribution in [0.15, 0.2) is 42.5 Å². The summed E-state index contributed by atoms with van der Waals surface area (Å²) >= 11 is 0. The van der Waals surface area contributed by atoms with Gasteiger partial charge in [-0.2, -0.15) is 0 Å². The Kier molecular flexibility index (Phi) is 4.78. The van der Waals surface area contributed by atoms with E-state index in [1.807, 2.05) is 6.92 Å². The van der Waals surface area contributed by atoms with Crippen LogP contribution in [0.1, 0.15) is 40.4 Å². The second kappa shape index (κ2) is 6.98. The van der Waals surface area contributed by atoms with Gasteiger partial charge in [-0.3, -0.25) is 15.6 Å². The van der Waals surface area contributed by atoms with E-state index < -0.39 is 0 Å². The molecule has 1 amide bonds. The second-order valence-corrected chi connectivity index (χ2v) is 5.98. The Hall–Kier alpha value is -2.44. The van der Waals surface area contributed by atoms with Gasteiger partial charge in [0, 0.05) is 24.6 Å². The monoisotopic (exact) mass is 329 g/mol. The normalized spacial score (nSPS) is 16.1. The minimum atomic E-state index is -0.311. The van der Waals surface area contributed by atoms with Crippen molar-refractivity contribution in [3.63, 3.8) is 0 Å². The summed E-state index contributed by atoms with van der Waals surface area (Å²) in [7, 11) is 0. The molecule has 1 atom stereocenters. The van der Waals surface area contributed by atoms with E-state index in [4.69, 9.17) is 0 Å². The predicted molar refractivity (Wildman–Crippen MR) is 89.1 cm³/mol. The maximum absolute atomic E-state index is 13.0. The summed E-state index contributed by atoms with van der Waals surface area (Å²) in [5, 5.41) is 13.1. The molecule has 5 nitrogen and oxygen atoms in total. The predicted octanol–water partition coefficient (Wildman–Crippen LogP) is 2.21. The van der Waals surface area contributed by atoms with Crippen LogP contribution < -0.4 is 16.2 Å². The largest absolute Gasteiger partial charge is 0.508 e. The molecule has 1 heterocycles. The summed E-state index contributed by atoms with van der Waals surface area (Å²) in [5.41, 5.74) is 8.05. The number of benzene rings is 2. The lowest BCUT2D eigenvalue weighted by atomic mass is 9.97. The van der Waals surface area contributed by atoms with Crippen LogP contribution in [0.4, 0.5) is 4.39 Å². The molecule has 0 spiro atoms. The molecular formula is C18H20FN3O2. The summed E-state index contributed by atoms with van der Waals surface area (Å²) in [5.74, 6) is -0.294. The average Bonchev–Trinajstić information content (AvgIpc) is 3.09. The fraction of sp³-hybridized carbons (Fsp3) is 0.278. The number of hydrazine groups is 1. The van der Waals surface area contributed by atoms with Gasteiger partial charge < -0.3 is 10.4 Å². The van der Waals surface area contributed by atoms with Crippen molar-refractivity contribution in [1.82, 2.24) is 16.2 Å². The standard InChI is InChI=1S/C18H20FN3O2/c1-11(12-2-5-15(19)6-3-12)22-18(24)13-4-7-16(17(23)8-13)14-9-20-21-10-14/h2-8,11,14,20-21,23H,9-10H2,1H3,(H,22,24)/t11-/m1/s1. The molecule has 0 radical (unpaired) electrons. The molecule has 3 rings (SSSR count). The number of halogens is 1. The van der Waals surface area contributed by atoms with Crippen molar-refractivity contribution in [3.05, 3.63) is 65.0 Å². The van der Waals surface area contributed by atoms with Crippen LogP contribution in [-0.4, -0.2) is 24.1 Å². The van der Waals surface area contributed by atoms with E-state index in [-0.39, 0.29) is 29.4 Å². The molecule has 2 aromatic carbocycles. The highest BCUT2D eigenvalue weighted by atomic mass is 19.1. The summed E-state index contributed by atoms with van der Waals surface area (Å²) in [6, 6.07) is 10.7. The topological polar surface area (TPSA) is 73.4 Å². The van der Waals surface area contributed by atoms with Crippen LogP contribution in [0, 0.1) is 5.82 Å². The molecule has 0 bridgehead atoms. The molecule has 126 valence electrons. The summed E-state index contributed by atoms with van der Waals surface area (Å²) < 4.78 is 13.0. The number of carbonyl (C=O) groups is 1. The fourth-order valence-corrected chi connectivity index (χ4v) is 2.83. The molecule has 1 saturated heterocycles. The number of rotatable bonds is 4. The van der Waals surface area contributed by atoms with Crippen LogP contribution >= 0.6 is 0 Å². The van der Waals surface area contributed by atoms with Crippen molar-refractivity contribution >= 4 is 5.91 Å². The minimum absolute atomic E-state index is 0.118. The molecule has 6 heteroatoms. The lowest BCUT2D eigenvalue weighted by molar-refractivity contribution is 0.0939. The first-order chi connectivity index (χ1) is 11.5. The van der Waals surface area contributed by atoms with Crippen LogP contribution in [-0.2, 0) is 0 Å². The third-order valence-electron chi connectivity index (χ3n) is 4.27. The van der Waals surface area contributed by atoms with Gasteiger partial charge in [0.1, 0.15) is 11.6 Å². The number of hydrogen-bond donors (Lipinski definition) is 4. The highest BCUT2D eigenvalue weighted by molar-refractivity contribution is 5.95. The third-order valence-corrected chi connectivity index (χ3v) is 4.27. The quantitative estimate of drug-likeness (QED) is 0.694. The maximum atomic E-state index is 13.0. The molecule has 24 heavy (non-hydrogen) atoms. The summed E-state index contributed by atoms with van der Waals surface area (Å²) in [4.78, 5) is 12.4. The lowest BCUT2D eigenvalue weighted by Crippen LogP contribution is -2.26. The number of phenolic OH excluding ortho intramolecular Hbond substituents is 1. The first-order valence-corrected chi connectivity index (χ1v) is 7.89. The van der Waals surface area contributed by atoms with Crippen molar-refractivity contribution < 1.29 is 14.3 Å². The molecule has 1 aliphatic heterocycles. The molecule has 0 saturated carbocycles. The number of phenols is 1. The van der Waals surface area contributed by atoms with Gasteiger partial charge in [-0.15, -0.1) is 0 Å². The third kappa shape index (κ3) is 3.55. The van der Waals surface area contributed by atoms with Crippen LogP contribution in [0.2, 0.25) is 0 Å². The highest BCUT2D eigenvalue weighted by Crippen LogP contribution is 2.27. The van der Waals surface area contributed by atoms with Crippen molar-refractivity contribution in [2.45, 2.75) is 18.9 Å². The van der Waals surface area contributed by atoms with Gasteiger partial charge in [0.05, 0.1) is 6.04 Å². The second-order valence-electron chi connectivity index (χ2n) is 5.98. The van der Waals surface area contributed by atoms with Crippen molar-refractivity contribution in [2.75, 3.05) is 13.1 Å². The van der Waals surface area contributed by atoms with Crippen molar-refractivity contribution in [2.24, 2.45) is 0 Å². The Labute approximate surface area is 139 Å². The summed E-state index contributed by atoms with van der Waals surface area (Å²) in [6.07, 6.45) is 0. The average molecular weight is 329 g/mol. The van der Waals surface area contributed by atoms with Gasteiger partial charge in [0.15, 0.2) is 0 Å². The van der Waals surface area contributed by atoms with E-state index in [9.17, 15) is 14.3 Å². The zero-order chi connectivity index (χ0) is 17.1. The summed E-state index contributed by atoms with van der Waals surface area (Å²) in [6.45, 7) is 3.30. The SMILES string of the molecule is C[C@@H](NC(=O)c1ccc(C2CNNC2)c(O)c1)c1ccc(F)cc1. The van der Waals surface area contributed by atoms with Crippen molar-refractivity contribution in [1.29, 1.82) is 0 Å². The van der Waals surface area contributed by atoms with Crippen LogP contribution in [0.3, 0.4) is 0 Å². The molecular weight excluding hydrogens is 309 g/mol. The highest BCUT2D eigenvalue weighted by Gasteiger charge is 2.21. The zero-order valence-corrected chi connectivity index (χ0v) is 13.3. The molecule has 1 fully saturated rings. The number of aromatic hydroxyl groups is 1. The Balaban J connectivity index is 1.70. The van der Waals surface area contributed by atoms with E-state index in [0.29, 0.717) is 5.56 Å². The van der Waals surface area contributed by atoms with E-state index in [1.54, 1.807) is 24.3 Å². The number of nitrogens with one attached hydrogen (secondary N) is 3. The smallest absolute Gasteiger partial charge is 0.251 e. The van der Waals surface area contributed by atoms with Gasteiger partial charge >= 0.3 is 0 Å².